The smallest absolute Gasteiger partial charge is 0.147 e. The summed E-state index contributed by atoms with van der Waals surface area (Å²) in [5, 5.41) is 0. The summed E-state index contributed by atoms with van der Waals surface area (Å²) >= 11 is 0. The van der Waals surface area contributed by atoms with Crippen LogP contribution in [0.4, 0.5) is 0 Å². The van der Waals surface area contributed by atoms with Gasteiger partial charge in [-0.1, -0.05) is 0 Å². The second-order valence-corrected chi connectivity index (χ2v) is 3.76. The van der Waals surface area contributed by atoms with Crippen LogP contribution in [0.15, 0.2) is 18.5 Å². The summed E-state index contributed by atoms with van der Waals surface area (Å²) in [5.41, 5.74) is 1.94. The number of pyridine rings is 1. The zero-order chi connectivity index (χ0) is 8.77. The summed E-state index contributed by atoms with van der Waals surface area (Å²) in [6, 6.07) is 1.94. The molecular formula is C10H11NO. The third kappa shape index (κ3) is 0.809. The first-order chi connectivity index (χ1) is 5.62. The largest absolute Gasteiger partial charge is 0.298 e. The highest BCUT2D eigenvalue weighted by molar-refractivity contribution is 5.95. The lowest BCUT2D eigenvalue weighted by Gasteiger charge is -2.16. The Balaban J connectivity index is 2.63. The van der Waals surface area contributed by atoms with E-state index < -0.39 is 0 Å². The van der Waals surface area contributed by atoms with E-state index in [0.29, 0.717) is 12.2 Å². The number of rotatable bonds is 0. The molecule has 0 amide bonds. The van der Waals surface area contributed by atoms with Gasteiger partial charge in [-0.3, -0.25) is 9.78 Å². The van der Waals surface area contributed by atoms with Crippen LogP contribution in [0.1, 0.15) is 25.0 Å². The lowest BCUT2D eigenvalue weighted by atomic mass is 9.86. The van der Waals surface area contributed by atoms with Gasteiger partial charge >= 0.3 is 0 Å². The van der Waals surface area contributed by atoms with E-state index in [9.17, 15) is 4.79 Å². The fourth-order valence-electron chi connectivity index (χ4n) is 1.72. The van der Waals surface area contributed by atoms with Crippen molar-refractivity contribution in [1.82, 2.24) is 4.98 Å². The second kappa shape index (κ2) is 2.16. The summed E-state index contributed by atoms with van der Waals surface area (Å²) < 4.78 is 0. The molecule has 0 aliphatic heterocycles. The zero-order valence-corrected chi connectivity index (χ0v) is 7.29. The number of nitrogens with zero attached hydrogens (tertiary/aromatic N) is 1. The van der Waals surface area contributed by atoms with Gasteiger partial charge < -0.3 is 0 Å². The summed E-state index contributed by atoms with van der Waals surface area (Å²) in [7, 11) is 0. The van der Waals surface area contributed by atoms with Gasteiger partial charge in [0.2, 0.25) is 0 Å². The molecule has 2 heteroatoms. The van der Waals surface area contributed by atoms with Crippen molar-refractivity contribution in [1.29, 1.82) is 0 Å². The zero-order valence-electron chi connectivity index (χ0n) is 7.29. The van der Waals surface area contributed by atoms with Gasteiger partial charge in [0.1, 0.15) is 5.78 Å². The maximum atomic E-state index is 11.5. The van der Waals surface area contributed by atoms with E-state index in [1.54, 1.807) is 12.4 Å². The SMILES string of the molecule is CC1(C)C(=O)Cc2cnccc21. The van der Waals surface area contributed by atoms with Gasteiger partial charge in [0.05, 0.1) is 0 Å². The van der Waals surface area contributed by atoms with E-state index in [-0.39, 0.29) is 5.41 Å². The second-order valence-electron chi connectivity index (χ2n) is 3.76. The van der Waals surface area contributed by atoms with Crippen molar-refractivity contribution in [2.45, 2.75) is 25.7 Å². The van der Waals surface area contributed by atoms with Gasteiger partial charge in [0, 0.05) is 24.2 Å². The molecule has 0 bridgehead atoms. The van der Waals surface area contributed by atoms with Crippen molar-refractivity contribution in [3.05, 3.63) is 29.6 Å². The normalized spacial score (nSPS) is 19.3. The molecule has 0 saturated carbocycles. The van der Waals surface area contributed by atoms with Gasteiger partial charge in [0.25, 0.3) is 0 Å². The first kappa shape index (κ1) is 7.47. The Hall–Kier alpha value is -1.18. The molecule has 0 saturated heterocycles. The summed E-state index contributed by atoms with van der Waals surface area (Å²) in [5.74, 6) is 0.297. The van der Waals surface area contributed by atoms with Crippen LogP contribution in [0.25, 0.3) is 0 Å². The average molecular weight is 161 g/mol. The minimum atomic E-state index is -0.293. The van der Waals surface area contributed by atoms with Crippen molar-refractivity contribution in [3.63, 3.8) is 0 Å². The first-order valence-corrected chi connectivity index (χ1v) is 4.09. The van der Waals surface area contributed by atoms with Crippen molar-refractivity contribution in [3.8, 4) is 0 Å². The highest BCUT2D eigenvalue weighted by Crippen LogP contribution is 2.34. The molecule has 0 atom stereocenters. The molecule has 1 aromatic rings. The Bertz CT molecular complexity index is 341. The van der Waals surface area contributed by atoms with Gasteiger partial charge in [0.15, 0.2) is 0 Å². The molecule has 0 fully saturated rings. The molecule has 0 spiro atoms. The Morgan fingerprint density at radius 1 is 1.50 bits per heavy atom. The molecule has 0 radical (unpaired) electrons. The molecule has 2 nitrogen and oxygen atoms in total. The molecule has 1 heterocycles. The van der Waals surface area contributed by atoms with Crippen LogP contribution in [-0.2, 0) is 16.6 Å². The summed E-state index contributed by atoms with van der Waals surface area (Å²) in [6.07, 6.45) is 4.09. The molecule has 0 aromatic carbocycles. The van der Waals surface area contributed by atoms with Crippen molar-refractivity contribution in [2.75, 3.05) is 0 Å². The van der Waals surface area contributed by atoms with Crippen LogP contribution in [0, 0.1) is 0 Å². The predicted molar refractivity (Wildman–Crippen MR) is 46.0 cm³/mol. The monoisotopic (exact) mass is 161 g/mol. The topological polar surface area (TPSA) is 30.0 Å². The lowest BCUT2D eigenvalue weighted by Crippen LogP contribution is -2.23. The Morgan fingerprint density at radius 2 is 2.25 bits per heavy atom. The predicted octanol–water partition coefficient (Wildman–Crippen LogP) is 1.48. The minimum Gasteiger partial charge on any atom is -0.298 e. The van der Waals surface area contributed by atoms with E-state index in [2.05, 4.69) is 4.98 Å². The molecular weight excluding hydrogens is 150 g/mol. The van der Waals surface area contributed by atoms with Crippen LogP contribution >= 0.6 is 0 Å². The Labute approximate surface area is 71.6 Å². The number of carbonyl (C=O) groups excluding carboxylic acids is 1. The number of hydrogen-bond donors (Lipinski definition) is 0. The highest BCUT2D eigenvalue weighted by atomic mass is 16.1. The number of hydrogen-bond acceptors (Lipinski definition) is 2. The molecule has 1 aliphatic rings. The van der Waals surface area contributed by atoms with Crippen LogP contribution in [0.5, 0.6) is 0 Å². The minimum absolute atomic E-state index is 0.293. The standard InChI is InChI=1S/C10H11NO/c1-10(2)8-3-4-11-6-7(8)5-9(10)12/h3-4,6H,5H2,1-2H3. The number of fused-ring (bicyclic) bond motifs is 1. The quantitative estimate of drug-likeness (QED) is 0.577. The molecule has 1 aliphatic carbocycles. The number of aromatic nitrogens is 1. The molecule has 0 N–H and O–H groups in total. The van der Waals surface area contributed by atoms with Gasteiger partial charge in [-0.2, -0.15) is 0 Å². The highest BCUT2D eigenvalue weighted by Gasteiger charge is 2.37. The third-order valence-corrected chi connectivity index (χ3v) is 2.63. The van der Waals surface area contributed by atoms with Crippen LogP contribution in [0.2, 0.25) is 0 Å². The molecule has 62 valence electrons. The van der Waals surface area contributed by atoms with Crippen LogP contribution in [-0.4, -0.2) is 10.8 Å². The summed E-state index contributed by atoms with van der Waals surface area (Å²) in [6.45, 7) is 3.95. The van der Waals surface area contributed by atoms with E-state index in [1.165, 1.54) is 0 Å². The number of ketones is 1. The molecule has 0 unspecified atom stereocenters. The molecule has 2 rings (SSSR count). The van der Waals surface area contributed by atoms with Crippen molar-refractivity contribution < 1.29 is 4.79 Å². The number of Topliss-reactive ketones (excluding diaryl/α,β-unsaturated/α-hetero) is 1. The maximum Gasteiger partial charge on any atom is 0.147 e. The van der Waals surface area contributed by atoms with E-state index in [0.717, 1.165) is 11.1 Å². The van der Waals surface area contributed by atoms with Crippen molar-refractivity contribution in [2.24, 2.45) is 0 Å². The van der Waals surface area contributed by atoms with Gasteiger partial charge in [-0.05, 0) is 31.0 Å². The van der Waals surface area contributed by atoms with Gasteiger partial charge in [-0.25, -0.2) is 0 Å². The summed E-state index contributed by atoms with van der Waals surface area (Å²) in [4.78, 5) is 15.5. The Kier molecular flexibility index (Phi) is 1.34. The van der Waals surface area contributed by atoms with E-state index >= 15 is 0 Å². The van der Waals surface area contributed by atoms with Crippen LogP contribution < -0.4 is 0 Å². The maximum absolute atomic E-state index is 11.5. The van der Waals surface area contributed by atoms with E-state index in [1.807, 2.05) is 19.9 Å². The number of carbonyl (C=O) groups is 1. The molecule has 12 heavy (non-hydrogen) atoms. The average Bonchev–Trinajstić information content (AvgIpc) is 2.25. The fourth-order valence-corrected chi connectivity index (χ4v) is 1.72. The first-order valence-electron chi connectivity index (χ1n) is 4.09. The lowest BCUT2D eigenvalue weighted by molar-refractivity contribution is -0.121. The fraction of sp³-hybridized carbons (Fsp3) is 0.400. The molecule has 1 aromatic heterocycles. The van der Waals surface area contributed by atoms with Crippen molar-refractivity contribution >= 4 is 5.78 Å². The third-order valence-electron chi connectivity index (χ3n) is 2.63. The van der Waals surface area contributed by atoms with Gasteiger partial charge in [-0.15, -0.1) is 0 Å². The Morgan fingerprint density at radius 3 is 2.92 bits per heavy atom. The van der Waals surface area contributed by atoms with E-state index in [4.69, 9.17) is 0 Å². The van der Waals surface area contributed by atoms with Crippen LogP contribution in [0.3, 0.4) is 0 Å².